The first-order valence-corrected chi connectivity index (χ1v) is 23.5. The molecule has 0 amide bonds. The largest absolute Gasteiger partial charge is 0.0654 e. The Morgan fingerprint density at radius 3 is 1.24 bits per heavy atom. The maximum absolute atomic E-state index is 3.74. The number of rotatable bonds is 9. The molecule has 0 aliphatic heterocycles. The Hall–Kier alpha value is -2.16. The molecule has 280 valence electrons. The standard InChI is InChI=1S/C52H58Br2/c1-3-4-5-6-19-48(2)46-22-40(51-28-34-20-35(29-51)25-49(24-34,32-51)38-7-13-42(53)14-8-38)11-17-44(46)45-18-12-41(23-47(45)48)52-30-36-21-37(31-52)27-50(26-36,33-52)39-9-15-43(54)16-10-39/h7-18,22-23,34-37H,3-6,19-21,24-33H2,1-2H3. The monoisotopic (exact) mass is 840 g/mol. The summed E-state index contributed by atoms with van der Waals surface area (Å²) >= 11 is 7.47. The molecule has 0 nitrogen and oxygen atoms in total. The highest BCUT2D eigenvalue weighted by Crippen LogP contribution is 2.69. The fourth-order valence-electron chi connectivity index (χ4n) is 15.9. The van der Waals surface area contributed by atoms with Crippen molar-refractivity contribution in [2.24, 2.45) is 23.7 Å². The summed E-state index contributed by atoms with van der Waals surface area (Å²) in [6, 6.07) is 35.1. The minimum absolute atomic E-state index is 0.0712. The van der Waals surface area contributed by atoms with Crippen molar-refractivity contribution in [3.63, 3.8) is 0 Å². The van der Waals surface area contributed by atoms with E-state index in [1.54, 1.807) is 44.5 Å². The number of benzene rings is 4. The van der Waals surface area contributed by atoms with Crippen LogP contribution >= 0.6 is 31.9 Å². The predicted molar refractivity (Wildman–Crippen MR) is 231 cm³/mol. The summed E-state index contributed by atoms with van der Waals surface area (Å²) in [5.41, 5.74) is 14.4. The lowest BCUT2D eigenvalue weighted by Gasteiger charge is -2.63. The Kier molecular flexibility index (Phi) is 8.06. The van der Waals surface area contributed by atoms with Gasteiger partial charge in [0.1, 0.15) is 0 Å². The van der Waals surface area contributed by atoms with E-state index in [-0.39, 0.29) is 5.41 Å². The third kappa shape index (κ3) is 5.23. The molecule has 54 heavy (non-hydrogen) atoms. The summed E-state index contributed by atoms with van der Waals surface area (Å²) in [4.78, 5) is 0. The van der Waals surface area contributed by atoms with E-state index in [1.165, 1.54) is 118 Å². The average Bonchev–Trinajstić information content (AvgIpc) is 3.39. The quantitative estimate of drug-likeness (QED) is 0.147. The Morgan fingerprint density at radius 1 is 0.481 bits per heavy atom. The molecule has 9 aliphatic carbocycles. The van der Waals surface area contributed by atoms with Gasteiger partial charge in [-0.1, -0.05) is 132 Å². The van der Waals surface area contributed by atoms with Gasteiger partial charge in [-0.2, -0.15) is 0 Å². The van der Waals surface area contributed by atoms with Gasteiger partial charge in [-0.3, -0.25) is 0 Å². The zero-order chi connectivity index (χ0) is 36.5. The van der Waals surface area contributed by atoms with Gasteiger partial charge in [0, 0.05) is 14.4 Å². The first-order chi connectivity index (χ1) is 26.1. The van der Waals surface area contributed by atoms with Crippen LogP contribution in [0.15, 0.2) is 93.9 Å². The van der Waals surface area contributed by atoms with Gasteiger partial charge >= 0.3 is 0 Å². The van der Waals surface area contributed by atoms with E-state index in [2.05, 4.69) is 131 Å². The lowest BCUT2D eigenvalue weighted by molar-refractivity contribution is -0.0283. The van der Waals surface area contributed by atoms with Crippen LogP contribution in [0.5, 0.6) is 0 Å². The summed E-state index contributed by atoms with van der Waals surface area (Å²) in [7, 11) is 0. The molecule has 0 heterocycles. The number of halogens is 2. The molecule has 0 radical (unpaired) electrons. The highest BCUT2D eigenvalue weighted by Gasteiger charge is 2.60. The molecule has 4 aromatic carbocycles. The van der Waals surface area contributed by atoms with E-state index >= 15 is 0 Å². The first kappa shape index (κ1) is 35.0. The van der Waals surface area contributed by atoms with E-state index in [4.69, 9.17) is 0 Å². The second-order valence-electron chi connectivity index (χ2n) is 20.7. The van der Waals surface area contributed by atoms with Gasteiger partial charge in [-0.15, -0.1) is 0 Å². The first-order valence-electron chi connectivity index (χ1n) is 21.9. The van der Waals surface area contributed by atoms with Gasteiger partial charge in [0.15, 0.2) is 0 Å². The number of unbranched alkanes of at least 4 members (excludes halogenated alkanes) is 3. The molecule has 9 aliphatic rings. The van der Waals surface area contributed by atoms with Crippen LogP contribution in [0.2, 0.25) is 0 Å². The van der Waals surface area contributed by atoms with Crippen LogP contribution in [0.4, 0.5) is 0 Å². The molecule has 13 rings (SSSR count). The Labute approximate surface area is 342 Å². The van der Waals surface area contributed by atoms with Gasteiger partial charge in [-0.25, -0.2) is 0 Å². The van der Waals surface area contributed by atoms with E-state index in [9.17, 15) is 0 Å². The number of fused-ring (bicyclic) bond motifs is 3. The average molecular weight is 843 g/mol. The molecule has 0 N–H and O–H groups in total. The van der Waals surface area contributed by atoms with Crippen LogP contribution in [0.3, 0.4) is 0 Å². The fourth-order valence-corrected chi connectivity index (χ4v) is 16.5. The number of hydrogen-bond donors (Lipinski definition) is 0. The minimum Gasteiger partial charge on any atom is -0.0654 e. The molecule has 8 saturated carbocycles. The maximum atomic E-state index is 3.74. The summed E-state index contributed by atoms with van der Waals surface area (Å²) in [5, 5.41) is 0. The highest BCUT2D eigenvalue weighted by atomic mass is 79.9. The van der Waals surface area contributed by atoms with Crippen LogP contribution in [0.1, 0.15) is 156 Å². The highest BCUT2D eigenvalue weighted by molar-refractivity contribution is 9.10. The maximum Gasteiger partial charge on any atom is 0.0187 e. The molecule has 4 unspecified atom stereocenters. The van der Waals surface area contributed by atoms with Crippen LogP contribution in [-0.4, -0.2) is 0 Å². The molecule has 0 saturated heterocycles. The fraction of sp³-hybridized carbons (Fsp3) is 0.538. The van der Waals surface area contributed by atoms with Crippen LogP contribution < -0.4 is 0 Å². The normalized spacial score (nSPS) is 37.9. The predicted octanol–water partition coefficient (Wildman–Crippen LogP) is 15.0. The summed E-state index contributed by atoms with van der Waals surface area (Å²) < 4.78 is 2.41. The zero-order valence-corrected chi connectivity index (χ0v) is 35.8. The molecule has 4 atom stereocenters. The third-order valence-electron chi connectivity index (χ3n) is 17.3. The van der Waals surface area contributed by atoms with Crippen molar-refractivity contribution in [3.05, 3.63) is 127 Å². The summed E-state index contributed by atoms with van der Waals surface area (Å²) in [6.07, 6.45) is 23.4. The molecule has 2 heteroatoms. The smallest absolute Gasteiger partial charge is 0.0187 e. The second-order valence-corrected chi connectivity index (χ2v) is 22.6. The van der Waals surface area contributed by atoms with Gasteiger partial charge < -0.3 is 0 Å². The Balaban J connectivity index is 0.986. The van der Waals surface area contributed by atoms with Crippen molar-refractivity contribution in [2.75, 3.05) is 0 Å². The van der Waals surface area contributed by atoms with E-state index in [0.29, 0.717) is 21.7 Å². The second kappa shape index (κ2) is 12.4. The van der Waals surface area contributed by atoms with Crippen LogP contribution in [0, 0.1) is 23.7 Å². The van der Waals surface area contributed by atoms with E-state index in [1.807, 2.05) is 0 Å². The van der Waals surface area contributed by atoms with Gasteiger partial charge in [0.05, 0.1) is 0 Å². The van der Waals surface area contributed by atoms with Crippen molar-refractivity contribution >= 4 is 31.9 Å². The number of hydrogen-bond acceptors (Lipinski definition) is 0. The van der Waals surface area contributed by atoms with Gasteiger partial charge in [-0.05, 0) is 198 Å². The molecule has 0 aromatic heterocycles. The van der Waals surface area contributed by atoms with Gasteiger partial charge in [0.25, 0.3) is 0 Å². The van der Waals surface area contributed by atoms with Crippen LogP contribution in [-0.2, 0) is 27.1 Å². The summed E-state index contributed by atoms with van der Waals surface area (Å²) in [6.45, 7) is 5.03. The van der Waals surface area contributed by atoms with Crippen molar-refractivity contribution in [1.82, 2.24) is 0 Å². The third-order valence-corrected chi connectivity index (χ3v) is 18.4. The molecule has 4 aromatic rings. The molecule has 0 spiro atoms. The van der Waals surface area contributed by atoms with Crippen molar-refractivity contribution in [2.45, 2.75) is 150 Å². The molecular formula is C52H58Br2. The zero-order valence-electron chi connectivity index (χ0n) is 32.7. The van der Waals surface area contributed by atoms with Crippen molar-refractivity contribution in [3.8, 4) is 11.1 Å². The lowest BCUT2D eigenvalue weighted by Crippen LogP contribution is -2.56. The SMILES string of the molecule is CCCCCCC1(C)c2cc(C34CC5CC(CC(c6ccc(Br)cc6)(C5)C3)C4)ccc2-c2ccc(C34CC5CC(CC(c6ccc(Br)cc6)(C5)C3)C4)cc21. The molecule has 8 bridgehead atoms. The lowest BCUT2D eigenvalue weighted by atomic mass is 9.41. The van der Waals surface area contributed by atoms with E-state index in [0.717, 1.165) is 23.7 Å². The topological polar surface area (TPSA) is 0 Å². The van der Waals surface area contributed by atoms with Crippen LogP contribution in [0.25, 0.3) is 11.1 Å². The van der Waals surface area contributed by atoms with Gasteiger partial charge in [0.2, 0.25) is 0 Å². The van der Waals surface area contributed by atoms with Crippen molar-refractivity contribution in [1.29, 1.82) is 0 Å². The van der Waals surface area contributed by atoms with E-state index < -0.39 is 0 Å². The Morgan fingerprint density at radius 2 is 0.852 bits per heavy atom. The molecular weight excluding hydrogens is 784 g/mol. The van der Waals surface area contributed by atoms with Crippen molar-refractivity contribution < 1.29 is 0 Å². The minimum atomic E-state index is 0.0712. The molecule has 8 fully saturated rings. The summed E-state index contributed by atoms with van der Waals surface area (Å²) in [5.74, 6) is 3.46. The Bertz CT molecular complexity index is 1930.